The summed E-state index contributed by atoms with van der Waals surface area (Å²) in [5.74, 6) is 2.44. The van der Waals surface area contributed by atoms with Gasteiger partial charge in [0.2, 0.25) is 5.91 Å². The van der Waals surface area contributed by atoms with Crippen LogP contribution in [0.25, 0.3) is 10.7 Å². The molecule has 1 saturated carbocycles. The maximum absolute atomic E-state index is 13.3. The molecule has 0 spiro atoms. The highest BCUT2D eigenvalue weighted by Gasteiger charge is 2.25. The molecule has 2 heterocycles. The molecule has 1 aromatic carbocycles. The van der Waals surface area contributed by atoms with Gasteiger partial charge in [0, 0.05) is 30.0 Å². The van der Waals surface area contributed by atoms with E-state index in [1.807, 2.05) is 42.1 Å². The summed E-state index contributed by atoms with van der Waals surface area (Å²) in [5, 5.41) is 6.90. The fourth-order valence-electron chi connectivity index (χ4n) is 4.47. The van der Waals surface area contributed by atoms with Gasteiger partial charge in [0.1, 0.15) is 23.5 Å². The van der Waals surface area contributed by atoms with Crippen molar-refractivity contribution >= 4 is 29.0 Å². The van der Waals surface area contributed by atoms with Gasteiger partial charge in [0.25, 0.3) is 0 Å². The Morgan fingerprint density at radius 2 is 1.97 bits per heavy atom. The number of hydrogen-bond acceptors (Lipinski definition) is 4. The topological polar surface area (TPSA) is 76.2 Å². The van der Waals surface area contributed by atoms with Crippen LogP contribution in [-0.2, 0) is 11.3 Å². The molecule has 4 rings (SSSR count). The molecular formula is C26H29ClN6O. The Balaban J connectivity index is 1.51. The van der Waals surface area contributed by atoms with Crippen LogP contribution in [0.5, 0.6) is 0 Å². The molecule has 0 saturated heterocycles. The molecule has 1 fully saturated rings. The van der Waals surface area contributed by atoms with Crippen LogP contribution >= 0.6 is 11.6 Å². The summed E-state index contributed by atoms with van der Waals surface area (Å²) in [5.41, 5.74) is 1.26. The molecule has 0 radical (unpaired) electrons. The van der Waals surface area contributed by atoms with Crippen molar-refractivity contribution in [2.75, 3.05) is 5.32 Å². The first kappa shape index (κ1) is 23.8. The van der Waals surface area contributed by atoms with E-state index in [4.69, 9.17) is 18.2 Å². The van der Waals surface area contributed by atoms with E-state index in [0.717, 1.165) is 30.6 Å². The Hall–Kier alpha value is -3.37. The highest BCUT2D eigenvalue weighted by molar-refractivity contribution is 6.31. The van der Waals surface area contributed by atoms with Gasteiger partial charge in [0.05, 0.1) is 6.57 Å². The number of hydrogen-bond donors (Lipinski definition) is 2. The van der Waals surface area contributed by atoms with Crippen LogP contribution < -0.4 is 10.6 Å². The van der Waals surface area contributed by atoms with E-state index in [0.29, 0.717) is 34.8 Å². The summed E-state index contributed by atoms with van der Waals surface area (Å²) in [7, 11) is 0. The van der Waals surface area contributed by atoms with Crippen molar-refractivity contribution in [3.63, 3.8) is 0 Å². The van der Waals surface area contributed by atoms with Gasteiger partial charge in [-0.2, -0.15) is 0 Å². The van der Waals surface area contributed by atoms with Crippen LogP contribution in [0, 0.1) is 19.4 Å². The minimum Gasteiger partial charge on any atom is -0.358 e. The number of anilines is 1. The average molecular weight is 477 g/mol. The van der Waals surface area contributed by atoms with Gasteiger partial charge >= 0.3 is 0 Å². The number of carbonyl (C=O) groups excluding carboxylic acids is 1. The second-order valence-electron chi connectivity index (χ2n) is 8.79. The molecule has 176 valence electrons. The van der Waals surface area contributed by atoms with E-state index in [1.165, 1.54) is 19.3 Å². The Morgan fingerprint density at radius 1 is 1.21 bits per heavy atom. The van der Waals surface area contributed by atoms with Crippen molar-refractivity contribution in [2.24, 2.45) is 5.92 Å². The highest BCUT2D eigenvalue weighted by atomic mass is 35.5. The number of benzene rings is 1. The lowest BCUT2D eigenvalue weighted by atomic mass is 9.84. The SMILES string of the molecule is [C-]#[N+]c1ccc(CNC(=O)[C@@H](CC2CCCCC2)Nc2cc(-n3cccc3)nc(C)n2)c(Cl)c1. The fraction of sp³-hybridized carbons (Fsp3) is 0.385. The van der Waals surface area contributed by atoms with E-state index in [9.17, 15) is 4.79 Å². The van der Waals surface area contributed by atoms with Crippen molar-refractivity contribution in [1.29, 1.82) is 0 Å². The first-order chi connectivity index (χ1) is 16.5. The largest absolute Gasteiger partial charge is 0.358 e. The molecule has 1 amide bonds. The second-order valence-corrected chi connectivity index (χ2v) is 9.20. The van der Waals surface area contributed by atoms with Crippen molar-refractivity contribution in [2.45, 2.75) is 58.0 Å². The maximum Gasteiger partial charge on any atom is 0.242 e. The lowest BCUT2D eigenvalue weighted by molar-refractivity contribution is -0.122. The monoisotopic (exact) mass is 476 g/mol. The predicted molar refractivity (Wildman–Crippen MR) is 134 cm³/mol. The minimum atomic E-state index is -0.420. The third-order valence-corrected chi connectivity index (χ3v) is 6.60. The molecule has 0 unspecified atom stereocenters. The number of halogens is 1. The summed E-state index contributed by atoms with van der Waals surface area (Å²) in [6.07, 6.45) is 10.6. The van der Waals surface area contributed by atoms with Crippen LogP contribution in [0.2, 0.25) is 5.02 Å². The van der Waals surface area contributed by atoms with E-state index in [1.54, 1.807) is 18.2 Å². The Bertz CT molecular complexity index is 1160. The Kier molecular flexibility index (Phi) is 7.81. The van der Waals surface area contributed by atoms with Gasteiger partial charge in [-0.1, -0.05) is 55.8 Å². The predicted octanol–water partition coefficient (Wildman–Crippen LogP) is 5.85. The summed E-state index contributed by atoms with van der Waals surface area (Å²) in [6, 6.07) is 10.5. The minimum absolute atomic E-state index is 0.0883. The number of rotatable bonds is 8. The van der Waals surface area contributed by atoms with Crippen molar-refractivity contribution < 1.29 is 4.79 Å². The molecule has 0 bridgehead atoms. The molecule has 1 aliphatic carbocycles. The zero-order valence-corrected chi connectivity index (χ0v) is 20.1. The lowest BCUT2D eigenvalue weighted by Gasteiger charge is -2.27. The number of amides is 1. The zero-order chi connectivity index (χ0) is 23.9. The molecule has 3 aromatic rings. The van der Waals surface area contributed by atoms with E-state index in [-0.39, 0.29) is 5.91 Å². The fourth-order valence-corrected chi connectivity index (χ4v) is 4.71. The average Bonchev–Trinajstić information content (AvgIpc) is 3.38. The first-order valence-electron chi connectivity index (χ1n) is 11.7. The highest BCUT2D eigenvalue weighted by Crippen LogP contribution is 2.29. The molecule has 2 N–H and O–H groups in total. The summed E-state index contributed by atoms with van der Waals surface area (Å²) < 4.78 is 1.92. The van der Waals surface area contributed by atoms with Crippen LogP contribution in [0.3, 0.4) is 0 Å². The van der Waals surface area contributed by atoms with Gasteiger partial charge in [-0.3, -0.25) is 4.79 Å². The molecule has 0 aliphatic heterocycles. The Morgan fingerprint density at radius 3 is 2.68 bits per heavy atom. The van der Waals surface area contributed by atoms with Gasteiger partial charge < -0.3 is 15.2 Å². The molecule has 1 atom stereocenters. The number of carbonyl (C=O) groups is 1. The van der Waals surface area contributed by atoms with Crippen molar-refractivity contribution in [1.82, 2.24) is 19.9 Å². The van der Waals surface area contributed by atoms with Crippen LogP contribution in [-0.4, -0.2) is 26.5 Å². The molecular weight excluding hydrogens is 448 g/mol. The van der Waals surface area contributed by atoms with E-state index < -0.39 is 6.04 Å². The lowest BCUT2D eigenvalue weighted by Crippen LogP contribution is -2.41. The van der Waals surface area contributed by atoms with Crippen LogP contribution in [0.15, 0.2) is 48.8 Å². The standard InChI is InChI=1S/C26H29ClN6O/c1-18-30-24(16-25(31-18)33-12-6-7-13-33)32-23(14-19-8-4-3-5-9-19)26(34)29-17-20-10-11-21(28-2)15-22(20)27/h6-7,10-13,15-16,19,23H,3-5,8-9,14,17H2,1H3,(H,29,34)(H,30,31,32)/t23-/m1/s1. The first-order valence-corrected chi connectivity index (χ1v) is 12.1. The number of nitrogens with one attached hydrogen (secondary N) is 2. The van der Waals surface area contributed by atoms with E-state index >= 15 is 0 Å². The third-order valence-electron chi connectivity index (χ3n) is 6.24. The van der Waals surface area contributed by atoms with Crippen molar-refractivity contribution in [3.8, 4) is 5.82 Å². The van der Waals surface area contributed by atoms with E-state index in [2.05, 4.69) is 25.4 Å². The van der Waals surface area contributed by atoms with Gasteiger partial charge in [-0.25, -0.2) is 14.8 Å². The normalized spacial score (nSPS) is 14.9. The molecule has 1 aliphatic rings. The zero-order valence-electron chi connectivity index (χ0n) is 19.3. The quantitative estimate of drug-likeness (QED) is 0.400. The van der Waals surface area contributed by atoms with Gasteiger partial charge in [-0.15, -0.1) is 0 Å². The smallest absolute Gasteiger partial charge is 0.242 e. The maximum atomic E-state index is 13.3. The summed E-state index contributed by atoms with van der Waals surface area (Å²) >= 11 is 6.31. The van der Waals surface area contributed by atoms with Crippen LogP contribution in [0.4, 0.5) is 11.5 Å². The molecule has 8 heteroatoms. The number of nitrogens with zero attached hydrogens (tertiary/aromatic N) is 4. The van der Waals surface area contributed by atoms with Gasteiger partial charge in [-0.05, 0) is 43.0 Å². The van der Waals surface area contributed by atoms with Crippen molar-refractivity contribution in [3.05, 3.63) is 76.6 Å². The second kappa shape index (κ2) is 11.2. The molecule has 2 aromatic heterocycles. The summed E-state index contributed by atoms with van der Waals surface area (Å²) in [4.78, 5) is 25.8. The molecule has 34 heavy (non-hydrogen) atoms. The summed E-state index contributed by atoms with van der Waals surface area (Å²) in [6.45, 7) is 9.27. The molecule has 7 nitrogen and oxygen atoms in total. The third kappa shape index (κ3) is 6.15. The Labute approximate surface area is 205 Å². The van der Waals surface area contributed by atoms with Crippen LogP contribution in [0.1, 0.15) is 49.9 Å². The number of aromatic nitrogens is 3. The number of aryl methyl sites for hydroxylation is 1. The van der Waals surface area contributed by atoms with Gasteiger partial charge in [0.15, 0.2) is 5.69 Å².